The van der Waals surface area contributed by atoms with Crippen LogP contribution in [0.5, 0.6) is 0 Å². The quantitative estimate of drug-likeness (QED) is 0.510. The van der Waals surface area contributed by atoms with E-state index in [1.54, 1.807) is 13.3 Å². The van der Waals surface area contributed by atoms with Crippen LogP contribution in [0.2, 0.25) is 0 Å². The van der Waals surface area contributed by atoms with Crippen molar-refractivity contribution in [1.29, 1.82) is 0 Å². The fourth-order valence-electron chi connectivity index (χ4n) is 0. The number of hydrogen-bond donors (Lipinski definition) is 1. The Morgan fingerprint density at radius 2 is 1.50 bits per heavy atom. The first-order valence-electron chi connectivity index (χ1n) is 2.00. The molecule has 0 spiro atoms. The minimum atomic E-state index is -0.870. The van der Waals surface area contributed by atoms with Crippen LogP contribution in [-0.4, -0.2) is 24.4 Å². The third kappa shape index (κ3) is 629. The van der Waals surface area contributed by atoms with Crippen molar-refractivity contribution < 1.29 is 14.5 Å². The molecule has 0 aliphatic carbocycles. The van der Waals surface area contributed by atoms with Crippen molar-refractivity contribution >= 4 is 13.8 Å². The van der Waals surface area contributed by atoms with Gasteiger partial charge >= 0.3 is 7.80 Å². The zero-order valence-electron chi connectivity index (χ0n) is 5.21. The van der Waals surface area contributed by atoms with Gasteiger partial charge in [-0.3, -0.25) is 4.79 Å². The average Bonchev–Trinajstić information content (AvgIpc) is 1.25. The van der Waals surface area contributed by atoms with E-state index in [1.807, 2.05) is 0 Å². The highest BCUT2D eigenvalue weighted by atomic mass is 31.1. The summed E-state index contributed by atoms with van der Waals surface area (Å²) in [6.07, 6.45) is 0. The van der Waals surface area contributed by atoms with E-state index in [0.29, 0.717) is 0 Å². The van der Waals surface area contributed by atoms with Crippen LogP contribution in [0.15, 0.2) is 0 Å². The van der Waals surface area contributed by atoms with E-state index in [4.69, 9.17) is 9.90 Å². The standard InChI is InChI=1S/C2H4O2.C2H6OP/c1-2(3)4;1-4(2)3/h1H3,(H,3,4);1-2H3/q;+1. The molecule has 0 aromatic heterocycles. The van der Waals surface area contributed by atoms with E-state index < -0.39 is 13.8 Å². The Morgan fingerprint density at radius 1 is 1.50 bits per heavy atom. The van der Waals surface area contributed by atoms with Gasteiger partial charge in [-0.2, -0.15) is 0 Å². The predicted octanol–water partition coefficient (Wildman–Crippen LogP) is 1.16. The van der Waals surface area contributed by atoms with E-state index in [0.717, 1.165) is 6.92 Å². The van der Waals surface area contributed by atoms with Gasteiger partial charge in [0.05, 0.1) is 0 Å². The van der Waals surface area contributed by atoms with Crippen LogP contribution in [0.3, 0.4) is 0 Å². The molecule has 0 aromatic rings. The number of hydrogen-bond acceptors (Lipinski definition) is 2. The highest BCUT2D eigenvalue weighted by molar-refractivity contribution is 7.42. The minimum Gasteiger partial charge on any atom is -0.481 e. The summed E-state index contributed by atoms with van der Waals surface area (Å²) in [4.78, 5) is 9.00. The molecule has 0 aromatic carbocycles. The van der Waals surface area contributed by atoms with Crippen molar-refractivity contribution in [2.45, 2.75) is 6.92 Å². The lowest BCUT2D eigenvalue weighted by atomic mass is 10.9. The van der Waals surface area contributed by atoms with Crippen molar-refractivity contribution in [3.63, 3.8) is 0 Å². The average molecular weight is 137 g/mol. The van der Waals surface area contributed by atoms with Crippen molar-refractivity contribution in [2.75, 3.05) is 13.3 Å². The Morgan fingerprint density at radius 3 is 1.50 bits per heavy atom. The Kier molecular flexibility index (Phi) is 8.65. The van der Waals surface area contributed by atoms with Gasteiger partial charge in [-0.25, -0.2) is 0 Å². The Balaban J connectivity index is 0. The topological polar surface area (TPSA) is 54.4 Å². The summed E-state index contributed by atoms with van der Waals surface area (Å²) in [6, 6.07) is 0. The van der Waals surface area contributed by atoms with Crippen LogP contribution >= 0.6 is 7.80 Å². The SMILES string of the molecule is CC(=O)O.C[P+](C)=O. The number of carboxylic acid groups (broad SMARTS) is 1. The molecule has 0 saturated carbocycles. The molecule has 0 unspecified atom stereocenters. The highest BCUT2D eigenvalue weighted by Gasteiger charge is 1.80. The van der Waals surface area contributed by atoms with Crippen molar-refractivity contribution in [3.05, 3.63) is 0 Å². The molecule has 4 heteroatoms. The molecule has 0 radical (unpaired) electrons. The van der Waals surface area contributed by atoms with Gasteiger partial charge < -0.3 is 5.11 Å². The summed E-state index contributed by atoms with van der Waals surface area (Å²) in [5.41, 5.74) is 0. The highest BCUT2D eigenvalue weighted by Crippen LogP contribution is 2.00. The molecule has 0 fully saturated rings. The summed E-state index contributed by atoms with van der Waals surface area (Å²) in [6.45, 7) is 4.44. The molecule has 8 heavy (non-hydrogen) atoms. The second-order valence-corrected chi connectivity index (χ2v) is 2.96. The van der Waals surface area contributed by atoms with Crippen LogP contribution in [0.1, 0.15) is 6.92 Å². The lowest BCUT2D eigenvalue weighted by molar-refractivity contribution is -0.134. The van der Waals surface area contributed by atoms with Gasteiger partial charge in [-0.1, -0.05) is 4.57 Å². The second kappa shape index (κ2) is 6.57. The van der Waals surface area contributed by atoms with E-state index in [1.165, 1.54) is 0 Å². The van der Waals surface area contributed by atoms with Gasteiger partial charge in [0.1, 0.15) is 13.3 Å². The molecule has 0 aliphatic rings. The van der Waals surface area contributed by atoms with Crippen molar-refractivity contribution in [2.24, 2.45) is 0 Å². The predicted molar refractivity (Wildman–Crippen MR) is 32.8 cm³/mol. The van der Waals surface area contributed by atoms with Crippen LogP contribution in [-0.2, 0) is 9.36 Å². The van der Waals surface area contributed by atoms with Crippen molar-refractivity contribution in [1.82, 2.24) is 0 Å². The lowest BCUT2D eigenvalue weighted by Gasteiger charge is -1.59. The Bertz CT molecular complexity index is 69.3. The molecule has 0 amide bonds. The first-order valence-corrected chi connectivity index (χ1v) is 4.16. The summed E-state index contributed by atoms with van der Waals surface area (Å²) >= 11 is 0. The molecule has 0 atom stereocenters. The number of rotatable bonds is 0. The molecule has 0 rings (SSSR count). The van der Waals surface area contributed by atoms with Gasteiger partial charge in [0.15, 0.2) is 0 Å². The number of carboxylic acids is 1. The second-order valence-electron chi connectivity index (χ2n) is 1.33. The monoisotopic (exact) mass is 137 g/mol. The van der Waals surface area contributed by atoms with Gasteiger partial charge in [0, 0.05) is 6.92 Å². The van der Waals surface area contributed by atoms with Gasteiger partial charge in [0.2, 0.25) is 0 Å². The zero-order chi connectivity index (χ0) is 7.15. The molecule has 1 N–H and O–H groups in total. The fraction of sp³-hybridized carbons (Fsp3) is 0.750. The van der Waals surface area contributed by atoms with Gasteiger partial charge in [0.25, 0.3) is 5.97 Å². The third-order valence-corrected chi connectivity index (χ3v) is 0. The summed E-state index contributed by atoms with van der Waals surface area (Å²) in [5.74, 6) is -0.833. The molecule has 3 nitrogen and oxygen atoms in total. The smallest absolute Gasteiger partial charge is 0.332 e. The fourth-order valence-corrected chi connectivity index (χ4v) is 0. The van der Waals surface area contributed by atoms with Crippen molar-refractivity contribution in [3.8, 4) is 0 Å². The summed E-state index contributed by atoms with van der Waals surface area (Å²) in [7, 11) is -0.870. The van der Waals surface area contributed by atoms with Gasteiger partial charge in [-0.05, 0) is 0 Å². The summed E-state index contributed by atoms with van der Waals surface area (Å²) in [5, 5.41) is 7.42. The maximum atomic E-state index is 9.59. The van der Waals surface area contributed by atoms with E-state index in [-0.39, 0.29) is 0 Å². The molecule has 0 saturated heterocycles. The number of carbonyl (C=O) groups is 1. The first kappa shape index (κ1) is 10.5. The van der Waals surface area contributed by atoms with Crippen LogP contribution in [0, 0.1) is 0 Å². The van der Waals surface area contributed by atoms with Gasteiger partial charge in [-0.15, -0.1) is 0 Å². The van der Waals surface area contributed by atoms with Crippen LogP contribution in [0.4, 0.5) is 0 Å². The first-order chi connectivity index (χ1) is 3.46. The third-order valence-electron chi connectivity index (χ3n) is 0. The van der Waals surface area contributed by atoms with E-state index in [2.05, 4.69) is 0 Å². The molecule has 0 bridgehead atoms. The molecule has 0 heterocycles. The van der Waals surface area contributed by atoms with E-state index >= 15 is 0 Å². The lowest BCUT2D eigenvalue weighted by Crippen LogP contribution is -1.78. The number of aliphatic carboxylic acids is 1. The maximum Gasteiger partial charge on any atom is 0.332 e. The molecule has 48 valence electrons. The molecular weight excluding hydrogens is 127 g/mol. The van der Waals surface area contributed by atoms with Crippen LogP contribution < -0.4 is 0 Å². The summed E-state index contributed by atoms with van der Waals surface area (Å²) < 4.78 is 9.59. The molecular formula is C4H10O3P+. The Hall–Kier alpha value is -0.430. The minimum absolute atomic E-state index is 0.833. The Labute approximate surface area is 49.5 Å². The molecule has 0 aliphatic heterocycles. The van der Waals surface area contributed by atoms with E-state index in [9.17, 15) is 4.57 Å². The largest absolute Gasteiger partial charge is 0.481 e. The van der Waals surface area contributed by atoms with Crippen LogP contribution in [0.25, 0.3) is 0 Å². The normalized spacial score (nSPS) is 6.38. The maximum absolute atomic E-state index is 9.59. The zero-order valence-corrected chi connectivity index (χ0v) is 6.11.